The van der Waals surface area contributed by atoms with Crippen molar-refractivity contribution in [2.24, 2.45) is 0 Å². The Labute approximate surface area is 168 Å². The highest BCUT2D eigenvalue weighted by atomic mass is 31.1. The first-order chi connectivity index (χ1) is 13.9. The van der Waals surface area contributed by atoms with E-state index in [1.807, 2.05) is 13.0 Å². The summed E-state index contributed by atoms with van der Waals surface area (Å²) in [4.78, 5) is 0. The summed E-state index contributed by atoms with van der Waals surface area (Å²) in [5.41, 5.74) is 2.39. The SMILES string of the molecule is CCOc1ccccc1-c1ccccc1P(c1ccccc1)c1ccccc1. The predicted octanol–water partition coefficient (Wildman–Crippen LogP) is 5.51. The number of para-hydroxylation sites is 1. The summed E-state index contributed by atoms with van der Waals surface area (Å²) in [5.74, 6) is 0.938. The smallest absolute Gasteiger partial charge is 0.127 e. The van der Waals surface area contributed by atoms with E-state index in [0.29, 0.717) is 6.61 Å². The molecule has 0 fully saturated rings. The highest BCUT2D eigenvalue weighted by Gasteiger charge is 2.21. The van der Waals surface area contributed by atoms with Crippen LogP contribution in [0.3, 0.4) is 0 Å². The summed E-state index contributed by atoms with van der Waals surface area (Å²) < 4.78 is 5.94. The lowest BCUT2D eigenvalue weighted by molar-refractivity contribution is 0.341. The molecule has 0 atom stereocenters. The van der Waals surface area contributed by atoms with E-state index in [2.05, 4.69) is 103 Å². The minimum absolute atomic E-state index is 0.658. The monoisotopic (exact) mass is 382 g/mol. The second-order valence-electron chi connectivity index (χ2n) is 6.45. The zero-order chi connectivity index (χ0) is 19.2. The molecule has 4 aromatic rings. The Bertz CT molecular complexity index is 989. The van der Waals surface area contributed by atoms with Crippen molar-refractivity contribution < 1.29 is 4.74 Å². The topological polar surface area (TPSA) is 9.23 Å². The molecule has 28 heavy (non-hydrogen) atoms. The van der Waals surface area contributed by atoms with Crippen molar-refractivity contribution >= 4 is 23.8 Å². The first-order valence-electron chi connectivity index (χ1n) is 9.60. The Morgan fingerprint density at radius 3 is 1.68 bits per heavy atom. The van der Waals surface area contributed by atoms with Gasteiger partial charge in [-0.05, 0) is 42.4 Å². The highest BCUT2D eigenvalue weighted by Crippen LogP contribution is 2.39. The number of rotatable bonds is 6. The molecule has 0 spiro atoms. The Morgan fingerprint density at radius 1 is 0.571 bits per heavy atom. The van der Waals surface area contributed by atoms with Gasteiger partial charge in [0.15, 0.2) is 0 Å². The van der Waals surface area contributed by atoms with Gasteiger partial charge in [0.1, 0.15) is 5.75 Å². The Morgan fingerprint density at radius 2 is 1.07 bits per heavy atom. The van der Waals surface area contributed by atoms with E-state index in [9.17, 15) is 0 Å². The quantitative estimate of drug-likeness (QED) is 0.400. The van der Waals surface area contributed by atoms with Crippen LogP contribution in [0.2, 0.25) is 0 Å². The maximum atomic E-state index is 5.94. The van der Waals surface area contributed by atoms with Crippen LogP contribution >= 0.6 is 7.92 Å². The predicted molar refractivity (Wildman–Crippen MR) is 122 cm³/mol. The average molecular weight is 382 g/mol. The highest BCUT2D eigenvalue weighted by molar-refractivity contribution is 7.80. The Balaban J connectivity index is 1.93. The lowest BCUT2D eigenvalue weighted by Gasteiger charge is -2.23. The van der Waals surface area contributed by atoms with Crippen LogP contribution < -0.4 is 20.7 Å². The normalized spacial score (nSPS) is 10.8. The molecule has 0 unspecified atom stereocenters. The molecule has 0 heterocycles. The number of benzene rings is 4. The van der Waals surface area contributed by atoms with Crippen molar-refractivity contribution in [2.45, 2.75) is 6.92 Å². The maximum absolute atomic E-state index is 5.94. The summed E-state index contributed by atoms with van der Waals surface area (Å²) in [5, 5.41) is 4.05. The minimum Gasteiger partial charge on any atom is -0.493 e. The van der Waals surface area contributed by atoms with Gasteiger partial charge in [0.25, 0.3) is 0 Å². The molecule has 0 bridgehead atoms. The van der Waals surface area contributed by atoms with Crippen LogP contribution in [0.15, 0.2) is 109 Å². The van der Waals surface area contributed by atoms with Crippen LogP contribution in [0.1, 0.15) is 6.92 Å². The Hall–Kier alpha value is -2.89. The fourth-order valence-electron chi connectivity index (χ4n) is 3.45. The maximum Gasteiger partial charge on any atom is 0.127 e. The van der Waals surface area contributed by atoms with Crippen molar-refractivity contribution in [3.8, 4) is 16.9 Å². The second-order valence-corrected chi connectivity index (χ2v) is 8.64. The van der Waals surface area contributed by atoms with E-state index < -0.39 is 7.92 Å². The lowest BCUT2D eigenvalue weighted by atomic mass is 10.0. The van der Waals surface area contributed by atoms with Crippen LogP contribution in [-0.4, -0.2) is 6.61 Å². The number of hydrogen-bond acceptors (Lipinski definition) is 1. The van der Waals surface area contributed by atoms with Gasteiger partial charge in [-0.2, -0.15) is 0 Å². The van der Waals surface area contributed by atoms with Crippen LogP contribution in [0.25, 0.3) is 11.1 Å². The van der Waals surface area contributed by atoms with E-state index >= 15 is 0 Å². The molecule has 0 saturated carbocycles. The summed E-state index contributed by atoms with van der Waals surface area (Å²) in [6, 6.07) is 38.7. The van der Waals surface area contributed by atoms with Gasteiger partial charge in [0.2, 0.25) is 0 Å². The van der Waals surface area contributed by atoms with Gasteiger partial charge >= 0.3 is 0 Å². The fourth-order valence-corrected chi connectivity index (χ4v) is 5.91. The van der Waals surface area contributed by atoms with Crippen LogP contribution in [0.4, 0.5) is 0 Å². The zero-order valence-corrected chi connectivity index (χ0v) is 16.8. The van der Waals surface area contributed by atoms with Gasteiger partial charge in [0.05, 0.1) is 6.61 Å². The molecule has 1 nitrogen and oxygen atoms in total. The van der Waals surface area contributed by atoms with E-state index in [4.69, 9.17) is 4.74 Å². The molecular formula is C26H23OP. The van der Waals surface area contributed by atoms with E-state index in [1.165, 1.54) is 21.5 Å². The van der Waals surface area contributed by atoms with Gasteiger partial charge < -0.3 is 4.74 Å². The van der Waals surface area contributed by atoms with Crippen molar-refractivity contribution in [3.63, 3.8) is 0 Å². The third-order valence-corrected chi connectivity index (χ3v) is 7.15. The average Bonchev–Trinajstić information content (AvgIpc) is 2.77. The molecule has 0 radical (unpaired) electrons. The molecular weight excluding hydrogens is 359 g/mol. The van der Waals surface area contributed by atoms with E-state index in [-0.39, 0.29) is 0 Å². The molecule has 0 aliphatic heterocycles. The van der Waals surface area contributed by atoms with Crippen molar-refractivity contribution in [2.75, 3.05) is 6.61 Å². The molecule has 2 heteroatoms. The van der Waals surface area contributed by atoms with Gasteiger partial charge in [-0.15, -0.1) is 0 Å². The largest absolute Gasteiger partial charge is 0.493 e. The molecule has 0 aliphatic carbocycles. The van der Waals surface area contributed by atoms with Gasteiger partial charge in [0, 0.05) is 5.56 Å². The molecule has 0 saturated heterocycles. The summed E-state index contributed by atoms with van der Waals surface area (Å²) in [6.45, 7) is 2.69. The van der Waals surface area contributed by atoms with E-state index in [0.717, 1.165) is 11.3 Å². The molecule has 0 amide bonds. The van der Waals surface area contributed by atoms with Crippen LogP contribution in [0, 0.1) is 0 Å². The van der Waals surface area contributed by atoms with Gasteiger partial charge in [-0.3, -0.25) is 0 Å². The van der Waals surface area contributed by atoms with E-state index in [1.54, 1.807) is 0 Å². The van der Waals surface area contributed by atoms with Crippen molar-refractivity contribution in [1.29, 1.82) is 0 Å². The van der Waals surface area contributed by atoms with Crippen molar-refractivity contribution in [1.82, 2.24) is 0 Å². The lowest BCUT2D eigenvalue weighted by Crippen LogP contribution is -2.22. The standard InChI is InChI=1S/C26H23OP/c1-2-27-25-19-11-9-17-23(25)24-18-10-12-20-26(24)28(21-13-5-3-6-14-21)22-15-7-4-8-16-22/h3-20H,2H2,1H3. The molecule has 0 aromatic heterocycles. The third-order valence-electron chi connectivity index (χ3n) is 4.65. The zero-order valence-electron chi connectivity index (χ0n) is 16.0. The molecule has 0 aliphatic rings. The van der Waals surface area contributed by atoms with Gasteiger partial charge in [-0.1, -0.05) is 103 Å². The van der Waals surface area contributed by atoms with Crippen LogP contribution in [-0.2, 0) is 0 Å². The third kappa shape index (κ3) is 3.86. The molecule has 138 valence electrons. The molecule has 4 aromatic carbocycles. The second kappa shape index (κ2) is 8.87. The van der Waals surface area contributed by atoms with Crippen molar-refractivity contribution in [3.05, 3.63) is 109 Å². The molecule has 0 N–H and O–H groups in total. The summed E-state index contributed by atoms with van der Waals surface area (Å²) in [7, 11) is -0.668. The number of hydrogen-bond donors (Lipinski definition) is 0. The summed E-state index contributed by atoms with van der Waals surface area (Å²) in [6.07, 6.45) is 0. The summed E-state index contributed by atoms with van der Waals surface area (Å²) >= 11 is 0. The molecule has 4 rings (SSSR count). The minimum atomic E-state index is -0.668. The van der Waals surface area contributed by atoms with Gasteiger partial charge in [-0.25, -0.2) is 0 Å². The Kier molecular flexibility index (Phi) is 5.85. The first-order valence-corrected chi connectivity index (χ1v) is 10.9. The fraction of sp³-hybridized carbons (Fsp3) is 0.0769. The number of ether oxygens (including phenoxy) is 1. The van der Waals surface area contributed by atoms with Crippen LogP contribution in [0.5, 0.6) is 5.75 Å². The first kappa shape index (κ1) is 18.5.